The van der Waals surface area contributed by atoms with E-state index in [2.05, 4.69) is 24.8 Å². The molecule has 0 saturated heterocycles. The minimum absolute atomic E-state index is 0.0206. The number of hydrogen-bond acceptors (Lipinski definition) is 8. The fraction of sp³-hybridized carbons (Fsp3) is 0.300. The van der Waals surface area contributed by atoms with Gasteiger partial charge in [0.15, 0.2) is 23.6 Å². The van der Waals surface area contributed by atoms with Crippen LogP contribution in [0.3, 0.4) is 0 Å². The molecule has 174 valence electrons. The number of aromatic nitrogens is 2. The lowest BCUT2D eigenvalue weighted by molar-refractivity contribution is -0.0548. The number of hydrogen-bond donors (Lipinski definition) is 2. The fourth-order valence-electron chi connectivity index (χ4n) is 3.73. The summed E-state index contributed by atoms with van der Waals surface area (Å²) in [5, 5.41) is 2.83. The summed E-state index contributed by atoms with van der Waals surface area (Å²) in [6.07, 6.45) is -0.283. The van der Waals surface area contributed by atoms with Crippen molar-refractivity contribution < 1.29 is 36.5 Å². The summed E-state index contributed by atoms with van der Waals surface area (Å²) in [6.45, 7) is -5.40. The second-order valence-electron chi connectivity index (χ2n) is 7.11. The number of aliphatic imine (C=N–C) groups is 1. The molecule has 3 aromatic rings. The molecule has 2 aromatic carbocycles. The van der Waals surface area contributed by atoms with Gasteiger partial charge in [-0.05, 0) is 12.1 Å². The van der Waals surface area contributed by atoms with Crippen LogP contribution in [0.2, 0.25) is 0 Å². The average molecular weight is 467 g/mol. The van der Waals surface area contributed by atoms with E-state index in [0.717, 1.165) is 6.07 Å². The summed E-state index contributed by atoms with van der Waals surface area (Å²) >= 11 is 0. The van der Waals surface area contributed by atoms with Crippen LogP contribution in [0.25, 0.3) is 11.0 Å². The van der Waals surface area contributed by atoms with Gasteiger partial charge >= 0.3 is 13.2 Å². The smallest absolute Gasteiger partial charge is 0.387 e. The largest absolute Gasteiger partial charge is 0.489 e. The fourth-order valence-corrected chi connectivity index (χ4v) is 3.73. The van der Waals surface area contributed by atoms with Gasteiger partial charge in [0.05, 0.1) is 24.2 Å². The molecule has 0 aliphatic carbocycles. The Bertz CT molecular complexity index is 1230. The molecule has 33 heavy (non-hydrogen) atoms. The monoisotopic (exact) mass is 467 g/mol. The van der Waals surface area contributed by atoms with Gasteiger partial charge < -0.3 is 24.7 Å². The molecule has 0 saturated carbocycles. The van der Waals surface area contributed by atoms with Gasteiger partial charge in [-0.1, -0.05) is 0 Å². The highest BCUT2D eigenvalue weighted by molar-refractivity contribution is 5.95. The third-order valence-corrected chi connectivity index (χ3v) is 5.01. The first-order valence-corrected chi connectivity index (χ1v) is 9.84. The molecule has 0 amide bonds. The number of ether oxygens (including phenoxy) is 4. The molecule has 3 heterocycles. The lowest BCUT2D eigenvalue weighted by Crippen LogP contribution is -2.31. The number of guanidine groups is 1. The molecule has 3 N–H and O–H groups in total. The van der Waals surface area contributed by atoms with Crippen LogP contribution in [0.15, 0.2) is 35.3 Å². The van der Waals surface area contributed by atoms with Crippen LogP contribution < -0.4 is 30.0 Å². The molecule has 1 atom stereocenters. The van der Waals surface area contributed by atoms with Crippen molar-refractivity contribution in [3.8, 4) is 23.0 Å². The zero-order valence-electron chi connectivity index (χ0n) is 16.8. The Morgan fingerprint density at radius 1 is 1.03 bits per heavy atom. The summed E-state index contributed by atoms with van der Waals surface area (Å²) in [6, 6.07) is 6.87. The van der Waals surface area contributed by atoms with Crippen LogP contribution in [0.5, 0.6) is 23.0 Å². The van der Waals surface area contributed by atoms with E-state index < -0.39 is 25.1 Å². The molecule has 0 radical (unpaired) electrons. The third kappa shape index (κ3) is 4.01. The van der Waals surface area contributed by atoms with Crippen molar-refractivity contribution in [1.82, 2.24) is 9.55 Å². The second-order valence-corrected chi connectivity index (χ2v) is 7.11. The molecule has 0 fully saturated rings. The highest BCUT2D eigenvalue weighted by atomic mass is 19.3. The topological polar surface area (TPSA) is 105 Å². The molecule has 5 rings (SSSR count). The summed E-state index contributed by atoms with van der Waals surface area (Å²) in [7, 11) is 0. The van der Waals surface area contributed by atoms with E-state index in [-0.39, 0.29) is 17.3 Å². The Hall–Kier alpha value is -3.90. The lowest BCUT2D eigenvalue weighted by Gasteiger charge is -2.25. The zero-order chi connectivity index (χ0) is 23.1. The Morgan fingerprint density at radius 3 is 2.48 bits per heavy atom. The maximum atomic E-state index is 13.1. The molecule has 1 aromatic heterocycles. The second kappa shape index (κ2) is 8.22. The SMILES string of the molecule is NC1=NC(c2ccc(OC(F)F)cc2OC(F)F)n2c(nc3cc4c(cc32)OCCCO4)N1. The maximum absolute atomic E-state index is 13.1. The van der Waals surface area contributed by atoms with Gasteiger partial charge in [0.25, 0.3) is 0 Å². The predicted octanol–water partition coefficient (Wildman–Crippen LogP) is 3.69. The van der Waals surface area contributed by atoms with Crippen molar-refractivity contribution in [2.24, 2.45) is 10.7 Å². The molecule has 9 nitrogen and oxygen atoms in total. The van der Waals surface area contributed by atoms with Crippen molar-refractivity contribution in [2.75, 3.05) is 18.5 Å². The number of rotatable bonds is 5. The normalized spacial score (nSPS) is 17.4. The van der Waals surface area contributed by atoms with Gasteiger partial charge in [0, 0.05) is 30.2 Å². The summed E-state index contributed by atoms with van der Waals surface area (Å²) < 4.78 is 73.5. The van der Waals surface area contributed by atoms with Gasteiger partial charge in [0.2, 0.25) is 5.95 Å². The molecular formula is C20H17F4N5O4. The Kier molecular flexibility index (Phi) is 5.23. The number of halogens is 4. The predicted molar refractivity (Wildman–Crippen MR) is 108 cm³/mol. The van der Waals surface area contributed by atoms with Crippen molar-refractivity contribution in [3.05, 3.63) is 35.9 Å². The minimum Gasteiger partial charge on any atom is -0.489 e. The zero-order valence-corrected chi connectivity index (χ0v) is 16.8. The Labute approximate surface area is 183 Å². The quantitative estimate of drug-likeness (QED) is 0.552. The highest BCUT2D eigenvalue weighted by Crippen LogP contribution is 2.41. The average Bonchev–Trinajstić information content (AvgIpc) is 2.92. The highest BCUT2D eigenvalue weighted by Gasteiger charge is 2.30. The molecule has 0 bridgehead atoms. The lowest BCUT2D eigenvalue weighted by atomic mass is 10.1. The van der Waals surface area contributed by atoms with Gasteiger partial charge in [-0.3, -0.25) is 9.88 Å². The van der Waals surface area contributed by atoms with Crippen molar-refractivity contribution in [1.29, 1.82) is 0 Å². The van der Waals surface area contributed by atoms with E-state index in [0.29, 0.717) is 48.1 Å². The van der Waals surface area contributed by atoms with Gasteiger partial charge in [-0.2, -0.15) is 17.6 Å². The number of fused-ring (bicyclic) bond motifs is 4. The van der Waals surface area contributed by atoms with Gasteiger partial charge in [-0.15, -0.1) is 0 Å². The number of alkyl halides is 4. The summed E-state index contributed by atoms with van der Waals surface area (Å²) in [5.41, 5.74) is 7.12. The van der Waals surface area contributed by atoms with Crippen molar-refractivity contribution >= 4 is 22.9 Å². The first kappa shape index (κ1) is 21.0. The number of imidazole rings is 1. The number of benzene rings is 2. The maximum Gasteiger partial charge on any atom is 0.387 e. The first-order valence-electron chi connectivity index (χ1n) is 9.84. The van der Waals surface area contributed by atoms with Crippen LogP contribution >= 0.6 is 0 Å². The van der Waals surface area contributed by atoms with Crippen LogP contribution in [-0.2, 0) is 0 Å². The van der Waals surface area contributed by atoms with E-state index in [4.69, 9.17) is 15.2 Å². The molecule has 0 spiro atoms. The van der Waals surface area contributed by atoms with Gasteiger partial charge in [-0.25, -0.2) is 9.98 Å². The van der Waals surface area contributed by atoms with Crippen LogP contribution in [-0.4, -0.2) is 41.9 Å². The first-order chi connectivity index (χ1) is 15.9. The number of nitrogens with zero attached hydrogens (tertiary/aromatic N) is 3. The van der Waals surface area contributed by atoms with Crippen LogP contribution in [0, 0.1) is 0 Å². The molecular weight excluding hydrogens is 450 g/mol. The van der Waals surface area contributed by atoms with Crippen molar-refractivity contribution in [2.45, 2.75) is 25.8 Å². The molecule has 1 unspecified atom stereocenters. The molecule has 2 aliphatic heterocycles. The van der Waals surface area contributed by atoms with E-state index in [1.54, 1.807) is 16.7 Å². The van der Waals surface area contributed by atoms with Gasteiger partial charge in [0.1, 0.15) is 11.5 Å². The standard InChI is InChI=1S/C20H17F4N5O4/c21-17(22)32-9-2-3-10(13(6-9)33-18(23)24)16-27-19(25)28-20-26-11-7-14-15(8-12(11)29(16)20)31-5-1-4-30-14/h2-3,6-8,16-18H,1,4-5H2,(H3,25,26,27,28). The van der Waals surface area contributed by atoms with Crippen molar-refractivity contribution in [3.63, 3.8) is 0 Å². The third-order valence-electron chi connectivity index (χ3n) is 5.01. The Morgan fingerprint density at radius 2 is 1.76 bits per heavy atom. The van der Waals surface area contributed by atoms with Crippen LogP contribution in [0.1, 0.15) is 18.2 Å². The molecule has 2 aliphatic rings. The van der Waals surface area contributed by atoms with E-state index in [1.165, 1.54) is 12.1 Å². The summed E-state index contributed by atoms with van der Waals surface area (Å²) in [5.74, 6) is 0.548. The minimum atomic E-state index is -3.21. The van der Waals surface area contributed by atoms with E-state index in [1.807, 2.05) is 0 Å². The number of anilines is 1. The Balaban J connectivity index is 1.65. The molecule has 13 heteroatoms. The van der Waals surface area contributed by atoms with E-state index in [9.17, 15) is 17.6 Å². The summed E-state index contributed by atoms with van der Waals surface area (Å²) in [4.78, 5) is 8.83. The number of nitrogens with one attached hydrogen (secondary N) is 1. The van der Waals surface area contributed by atoms with E-state index >= 15 is 0 Å². The van der Waals surface area contributed by atoms with Crippen LogP contribution in [0.4, 0.5) is 23.5 Å². The number of nitrogens with two attached hydrogens (primary N) is 1.